The summed E-state index contributed by atoms with van der Waals surface area (Å²) >= 11 is 0. The highest BCUT2D eigenvalue weighted by Gasteiger charge is 2.30. The van der Waals surface area contributed by atoms with Crippen LogP contribution in [0.3, 0.4) is 0 Å². The topological polar surface area (TPSA) is 103 Å². The lowest BCUT2D eigenvalue weighted by Crippen LogP contribution is -2.17. The number of hydrogen-bond donors (Lipinski definition) is 1. The summed E-state index contributed by atoms with van der Waals surface area (Å²) in [5.41, 5.74) is 2.32. The minimum Gasteiger partial charge on any atom is -0.451 e. The zero-order chi connectivity index (χ0) is 22.9. The monoisotopic (exact) mass is 442 g/mol. The second-order valence-electron chi connectivity index (χ2n) is 6.64. The molecular weight excluding hydrogens is 429 g/mol. The molecule has 8 nitrogen and oxygen atoms in total. The third-order valence-electron chi connectivity index (χ3n) is 4.53. The Hall–Kier alpha value is -4.41. The van der Waals surface area contributed by atoms with E-state index in [-0.39, 0.29) is 17.1 Å². The number of hydrazone groups is 1. The van der Waals surface area contributed by atoms with Crippen molar-refractivity contribution in [2.45, 2.75) is 6.18 Å². The van der Waals surface area contributed by atoms with Crippen LogP contribution in [0.15, 0.2) is 76.4 Å². The van der Waals surface area contributed by atoms with Gasteiger partial charge in [0.05, 0.1) is 22.4 Å². The van der Waals surface area contributed by atoms with Crippen LogP contribution in [0.4, 0.5) is 18.9 Å². The van der Waals surface area contributed by atoms with Gasteiger partial charge in [-0.1, -0.05) is 6.07 Å². The fraction of sp³-hybridized carbons (Fsp3) is 0.0476. The number of halogens is 3. The van der Waals surface area contributed by atoms with Gasteiger partial charge >= 0.3 is 12.1 Å². The summed E-state index contributed by atoms with van der Waals surface area (Å²) in [6.07, 6.45) is -1.64. The smallest absolute Gasteiger partial charge is 0.416 e. The van der Waals surface area contributed by atoms with Gasteiger partial charge in [0.2, 0.25) is 0 Å². The van der Waals surface area contributed by atoms with E-state index in [0.717, 1.165) is 12.1 Å². The predicted molar refractivity (Wildman–Crippen MR) is 109 cm³/mol. The SMILES string of the molecule is O=C(NN=Cc1cccn1-c1cccc(C(F)(F)F)c1)c1cc2cc([N+](=O)[O-])ccc2o1. The molecule has 11 heteroatoms. The van der Waals surface area contributed by atoms with Crippen LogP contribution >= 0.6 is 0 Å². The lowest BCUT2D eigenvalue weighted by molar-refractivity contribution is -0.384. The van der Waals surface area contributed by atoms with Crippen molar-refractivity contribution in [3.8, 4) is 5.69 Å². The van der Waals surface area contributed by atoms with Crippen molar-refractivity contribution in [2.24, 2.45) is 5.10 Å². The molecule has 0 aliphatic rings. The molecule has 2 aromatic heterocycles. The number of amides is 1. The van der Waals surface area contributed by atoms with Crippen LogP contribution in [0.2, 0.25) is 0 Å². The molecule has 1 amide bonds. The van der Waals surface area contributed by atoms with Crippen molar-refractivity contribution in [1.29, 1.82) is 0 Å². The zero-order valence-corrected chi connectivity index (χ0v) is 16.0. The number of alkyl halides is 3. The van der Waals surface area contributed by atoms with Gasteiger partial charge in [-0.15, -0.1) is 0 Å². The number of hydrogen-bond acceptors (Lipinski definition) is 5. The summed E-state index contributed by atoms with van der Waals surface area (Å²) in [6.45, 7) is 0. The molecule has 0 aliphatic heterocycles. The second kappa shape index (κ2) is 8.02. The van der Waals surface area contributed by atoms with Crippen LogP contribution in [-0.4, -0.2) is 21.6 Å². The van der Waals surface area contributed by atoms with E-state index in [9.17, 15) is 28.1 Å². The highest BCUT2D eigenvalue weighted by molar-refractivity contribution is 5.96. The van der Waals surface area contributed by atoms with Crippen LogP contribution in [0, 0.1) is 10.1 Å². The van der Waals surface area contributed by atoms with Gasteiger partial charge in [-0.2, -0.15) is 18.3 Å². The number of non-ortho nitro benzene ring substituents is 1. The van der Waals surface area contributed by atoms with E-state index < -0.39 is 22.6 Å². The molecule has 0 radical (unpaired) electrons. The van der Waals surface area contributed by atoms with Gasteiger partial charge in [-0.3, -0.25) is 14.9 Å². The van der Waals surface area contributed by atoms with Gasteiger partial charge in [-0.05, 0) is 42.5 Å². The minimum absolute atomic E-state index is 0.106. The molecule has 32 heavy (non-hydrogen) atoms. The van der Waals surface area contributed by atoms with Crippen LogP contribution in [-0.2, 0) is 6.18 Å². The number of furan rings is 1. The lowest BCUT2D eigenvalue weighted by Gasteiger charge is -2.10. The average molecular weight is 442 g/mol. The number of aromatic nitrogens is 1. The van der Waals surface area contributed by atoms with Crippen molar-refractivity contribution in [1.82, 2.24) is 9.99 Å². The van der Waals surface area contributed by atoms with Gasteiger partial charge < -0.3 is 8.98 Å². The molecule has 0 atom stereocenters. The predicted octanol–water partition coefficient (Wildman–Crippen LogP) is 4.91. The molecule has 0 saturated carbocycles. The number of nitro benzene ring substituents is 1. The number of nitrogens with one attached hydrogen (secondary N) is 1. The number of fused-ring (bicyclic) bond motifs is 1. The molecule has 0 saturated heterocycles. The molecule has 162 valence electrons. The Bertz CT molecular complexity index is 1350. The van der Waals surface area contributed by atoms with Crippen molar-refractivity contribution >= 4 is 28.8 Å². The molecule has 0 aliphatic carbocycles. The third-order valence-corrected chi connectivity index (χ3v) is 4.53. The van der Waals surface area contributed by atoms with Crippen LogP contribution in [0.5, 0.6) is 0 Å². The maximum absolute atomic E-state index is 13.0. The van der Waals surface area contributed by atoms with Crippen molar-refractivity contribution in [2.75, 3.05) is 0 Å². The minimum atomic E-state index is -4.47. The van der Waals surface area contributed by atoms with Gasteiger partial charge in [0.1, 0.15) is 5.58 Å². The first kappa shape index (κ1) is 20.8. The summed E-state index contributed by atoms with van der Waals surface area (Å²) in [6, 6.07) is 13.3. The van der Waals surface area contributed by atoms with Crippen molar-refractivity contribution in [3.05, 3.63) is 94.0 Å². The van der Waals surface area contributed by atoms with E-state index in [1.807, 2.05) is 0 Å². The Morgan fingerprint density at radius 1 is 1.12 bits per heavy atom. The summed E-state index contributed by atoms with van der Waals surface area (Å²) in [5.74, 6) is -0.803. The summed E-state index contributed by atoms with van der Waals surface area (Å²) in [4.78, 5) is 22.6. The molecule has 1 N–H and O–H groups in total. The number of nitro groups is 1. The molecule has 4 aromatic rings. The first-order valence-electron chi connectivity index (χ1n) is 9.09. The van der Waals surface area contributed by atoms with Crippen molar-refractivity contribution < 1.29 is 27.3 Å². The van der Waals surface area contributed by atoms with E-state index >= 15 is 0 Å². The van der Waals surface area contributed by atoms with E-state index in [1.165, 1.54) is 47.2 Å². The summed E-state index contributed by atoms with van der Waals surface area (Å²) < 4.78 is 45.8. The third kappa shape index (κ3) is 4.21. The number of carbonyl (C=O) groups is 1. The molecule has 0 spiro atoms. The van der Waals surface area contributed by atoms with Crippen LogP contribution in [0.1, 0.15) is 21.8 Å². The molecule has 0 unspecified atom stereocenters. The first-order chi connectivity index (χ1) is 15.2. The Kier molecular flexibility index (Phi) is 5.23. The first-order valence-corrected chi connectivity index (χ1v) is 9.09. The second-order valence-corrected chi connectivity index (χ2v) is 6.64. The van der Waals surface area contributed by atoms with E-state index in [0.29, 0.717) is 16.7 Å². The fourth-order valence-corrected chi connectivity index (χ4v) is 3.03. The highest BCUT2D eigenvalue weighted by atomic mass is 19.4. The molecule has 2 aromatic carbocycles. The summed E-state index contributed by atoms with van der Waals surface area (Å²) in [7, 11) is 0. The Morgan fingerprint density at radius 2 is 1.94 bits per heavy atom. The number of benzene rings is 2. The van der Waals surface area contributed by atoms with Gasteiger partial charge in [0.25, 0.3) is 5.69 Å². The fourth-order valence-electron chi connectivity index (χ4n) is 3.03. The molecular formula is C21H13F3N4O4. The number of nitrogens with zero attached hydrogens (tertiary/aromatic N) is 3. The maximum atomic E-state index is 13.0. The van der Waals surface area contributed by atoms with Crippen molar-refractivity contribution in [3.63, 3.8) is 0 Å². The zero-order valence-electron chi connectivity index (χ0n) is 16.0. The van der Waals surface area contributed by atoms with E-state index in [4.69, 9.17) is 4.42 Å². The Balaban J connectivity index is 1.51. The highest BCUT2D eigenvalue weighted by Crippen LogP contribution is 2.30. The van der Waals surface area contributed by atoms with Gasteiger partial charge in [0, 0.05) is 29.4 Å². The Morgan fingerprint density at radius 3 is 2.69 bits per heavy atom. The largest absolute Gasteiger partial charge is 0.451 e. The van der Waals surface area contributed by atoms with Crippen LogP contribution in [0.25, 0.3) is 16.7 Å². The normalized spacial score (nSPS) is 11.8. The van der Waals surface area contributed by atoms with E-state index in [1.54, 1.807) is 18.3 Å². The average Bonchev–Trinajstić information content (AvgIpc) is 3.39. The Labute approximate surface area is 177 Å². The summed E-state index contributed by atoms with van der Waals surface area (Å²) in [5, 5.41) is 15.1. The standard InChI is InChI=1S/C21H13F3N4O4/c22-21(23,24)14-3-1-4-15(11-14)27-8-2-5-17(27)12-25-26-20(29)19-10-13-9-16(28(30)31)6-7-18(13)32-19/h1-12H,(H,26,29). The van der Waals surface area contributed by atoms with Crippen LogP contribution < -0.4 is 5.43 Å². The molecule has 0 bridgehead atoms. The molecule has 0 fully saturated rings. The van der Waals surface area contributed by atoms with Gasteiger partial charge in [-0.25, -0.2) is 5.43 Å². The lowest BCUT2D eigenvalue weighted by atomic mass is 10.2. The quantitative estimate of drug-likeness (QED) is 0.269. The maximum Gasteiger partial charge on any atom is 0.416 e. The number of carbonyl (C=O) groups excluding carboxylic acids is 1. The molecule has 2 heterocycles. The van der Waals surface area contributed by atoms with E-state index in [2.05, 4.69) is 10.5 Å². The molecule has 4 rings (SSSR count). The van der Waals surface area contributed by atoms with Gasteiger partial charge in [0.15, 0.2) is 5.76 Å². The number of rotatable bonds is 5.